The van der Waals surface area contributed by atoms with Gasteiger partial charge < -0.3 is 58.9 Å². The van der Waals surface area contributed by atoms with E-state index in [4.69, 9.17) is 11.5 Å². The number of carboxylic acid groups (broad SMARTS) is 1. The summed E-state index contributed by atoms with van der Waals surface area (Å²) in [6, 6.07) is 28.2. The molecule has 1 aliphatic heterocycles. The Bertz CT molecular complexity index is 2790. The monoisotopic (exact) mass is 1090 g/mol. The second-order valence-corrected chi connectivity index (χ2v) is 21.4. The predicted molar refractivity (Wildman–Crippen MR) is 297 cm³/mol. The maximum Gasteiger partial charge on any atom is 0.327 e. The number of carbonyl (C=O) groups excluding carboxylic acids is 7. The lowest BCUT2D eigenvalue weighted by molar-refractivity contribution is -0.141. The molecule has 77 heavy (non-hydrogen) atoms. The van der Waals surface area contributed by atoms with Gasteiger partial charge in [0.1, 0.15) is 42.3 Å². The van der Waals surface area contributed by atoms with Gasteiger partial charge in [0, 0.05) is 37.2 Å². The van der Waals surface area contributed by atoms with Crippen LogP contribution in [0.25, 0.3) is 10.8 Å². The van der Waals surface area contributed by atoms with Crippen molar-refractivity contribution in [3.63, 3.8) is 0 Å². The molecule has 1 saturated heterocycles. The second kappa shape index (κ2) is 29.9. The number of aliphatic hydroxyl groups excluding tert-OH is 1. The van der Waals surface area contributed by atoms with Gasteiger partial charge in [0.15, 0.2) is 0 Å². The molecule has 5 aromatic carbocycles. The molecule has 21 heteroatoms. The number of carboxylic acids is 1. The van der Waals surface area contributed by atoms with E-state index in [1.165, 1.54) is 6.92 Å². The molecular weight excluding hydrogens is 1020 g/mol. The topological polar surface area (TPSA) is 313 Å². The molecule has 0 radical (unpaired) electrons. The zero-order valence-corrected chi connectivity index (χ0v) is 44.2. The van der Waals surface area contributed by atoms with E-state index in [9.17, 15) is 48.6 Å². The molecule has 1 aliphatic rings. The summed E-state index contributed by atoms with van der Waals surface area (Å²) in [5.74, 6) is -7.40. The SMILES string of the molecule is C[C@@H](O)[C@@H]1NC(=O)[C@H](CCCCN)NC(=O)C(Cc2cccc3ccccc23)NC(=O)[C@H](Cc2ccccc2)NC(=O)[C@@H](Cc2ccccc2)NC(=O)[C@H](N)CSSC[C@H](C(=O)O)NC(=O)[C@H](Cc2ccccc2)NC1=O. The first kappa shape index (κ1) is 59.0. The molecule has 13 N–H and O–H groups in total. The van der Waals surface area contributed by atoms with Gasteiger partial charge in [-0.3, -0.25) is 33.6 Å². The maximum absolute atomic E-state index is 14.9. The lowest BCUT2D eigenvalue weighted by Gasteiger charge is -2.29. The van der Waals surface area contributed by atoms with Crippen LogP contribution < -0.4 is 48.7 Å². The molecule has 408 valence electrons. The van der Waals surface area contributed by atoms with Crippen molar-refractivity contribution in [3.8, 4) is 0 Å². The van der Waals surface area contributed by atoms with Crippen LogP contribution >= 0.6 is 21.6 Å². The number of rotatable bonds is 14. The molecule has 6 rings (SSSR count). The van der Waals surface area contributed by atoms with Crippen molar-refractivity contribution in [3.05, 3.63) is 156 Å². The first-order chi connectivity index (χ1) is 37.1. The fourth-order valence-corrected chi connectivity index (χ4v) is 10.9. The zero-order chi connectivity index (χ0) is 55.3. The first-order valence-corrected chi connectivity index (χ1v) is 27.9. The molecule has 0 saturated carbocycles. The molecule has 9 atom stereocenters. The second-order valence-electron chi connectivity index (χ2n) is 18.8. The number of unbranched alkanes of at least 4 members (excludes halogenated alkanes) is 1. The summed E-state index contributed by atoms with van der Waals surface area (Å²) in [6.45, 7) is 1.51. The van der Waals surface area contributed by atoms with Crippen LogP contribution in [-0.2, 0) is 64.0 Å². The number of aliphatic hydroxyl groups is 1. The highest BCUT2D eigenvalue weighted by Crippen LogP contribution is 2.24. The molecule has 7 amide bonds. The molecule has 0 spiro atoms. The predicted octanol–water partition coefficient (Wildman–Crippen LogP) is 1.82. The van der Waals surface area contributed by atoms with Gasteiger partial charge in [-0.25, -0.2) is 4.79 Å². The van der Waals surface area contributed by atoms with Crippen LogP contribution in [0.1, 0.15) is 48.4 Å². The van der Waals surface area contributed by atoms with Gasteiger partial charge in [0.25, 0.3) is 0 Å². The van der Waals surface area contributed by atoms with Crippen LogP contribution in [-0.4, -0.2) is 130 Å². The van der Waals surface area contributed by atoms with E-state index in [2.05, 4.69) is 37.2 Å². The molecule has 19 nitrogen and oxygen atoms in total. The van der Waals surface area contributed by atoms with Gasteiger partial charge in [-0.2, -0.15) is 0 Å². The Kier molecular flexibility index (Phi) is 22.9. The first-order valence-electron chi connectivity index (χ1n) is 25.4. The number of amides is 7. The van der Waals surface area contributed by atoms with Crippen LogP contribution in [0.15, 0.2) is 133 Å². The van der Waals surface area contributed by atoms with E-state index < -0.39 is 102 Å². The Morgan fingerprint density at radius 2 is 0.948 bits per heavy atom. The highest BCUT2D eigenvalue weighted by atomic mass is 33.1. The van der Waals surface area contributed by atoms with E-state index in [0.717, 1.165) is 32.4 Å². The molecule has 0 bridgehead atoms. The molecule has 0 aromatic heterocycles. The maximum atomic E-state index is 14.9. The number of fused-ring (bicyclic) bond motifs is 1. The molecule has 1 fully saturated rings. The number of nitrogens with one attached hydrogen (secondary N) is 7. The van der Waals surface area contributed by atoms with Crippen LogP contribution in [0.2, 0.25) is 0 Å². The minimum Gasteiger partial charge on any atom is -0.480 e. The third-order valence-corrected chi connectivity index (χ3v) is 15.3. The quantitative estimate of drug-likeness (QED) is 0.0559. The van der Waals surface area contributed by atoms with Gasteiger partial charge >= 0.3 is 5.97 Å². The number of carbonyl (C=O) groups is 8. The van der Waals surface area contributed by atoms with Gasteiger partial charge in [-0.05, 0) is 65.8 Å². The van der Waals surface area contributed by atoms with E-state index in [1.54, 1.807) is 91.0 Å². The van der Waals surface area contributed by atoms with Crippen LogP contribution in [0.4, 0.5) is 0 Å². The van der Waals surface area contributed by atoms with Gasteiger partial charge in [-0.1, -0.05) is 155 Å². The van der Waals surface area contributed by atoms with E-state index >= 15 is 0 Å². The lowest BCUT2D eigenvalue weighted by atomic mass is 9.97. The molecular formula is C56H67N9O10S2. The number of benzene rings is 5. The van der Waals surface area contributed by atoms with Crippen molar-refractivity contribution in [2.75, 3.05) is 18.1 Å². The minimum absolute atomic E-state index is 0.00590. The molecule has 0 aliphatic carbocycles. The van der Waals surface area contributed by atoms with Crippen LogP contribution in [0.5, 0.6) is 0 Å². The average Bonchev–Trinajstić information content (AvgIpc) is 3.42. The van der Waals surface area contributed by atoms with E-state index in [0.29, 0.717) is 35.1 Å². The Balaban J connectivity index is 1.40. The summed E-state index contributed by atoms with van der Waals surface area (Å²) in [7, 11) is 2.08. The number of hydrogen-bond donors (Lipinski definition) is 11. The third-order valence-electron chi connectivity index (χ3n) is 12.8. The standard InChI is InChI=1S/C56H67N9O10S2/c1-34(66)48-55(73)63-45(30-37-20-9-4-10-21-37)53(71)64-47(56(74)75)33-77-76-32-41(58)49(67)60-43(28-35-16-5-2-6-17-35)51(69)61-44(29-36-18-7-3-8-19-36)52(70)62-46(31-39-24-15-23-38-22-11-12-25-40(38)39)54(72)59-42(50(68)65-48)26-13-14-27-57/h2-12,15-25,34,41-48,66H,13-14,26-33,57-58H2,1H3,(H,59,72)(H,60,67)(H,61,69)(H,62,70)(H,63,73)(H,64,71)(H,65,68)(H,74,75)/t34-,41-,42+,43-,44+,45+,46?,47-,48+/m1/s1. The molecule has 1 heterocycles. The van der Waals surface area contributed by atoms with Gasteiger partial charge in [-0.15, -0.1) is 0 Å². The summed E-state index contributed by atoms with van der Waals surface area (Å²) in [5, 5.41) is 41.8. The third kappa shape index (κ3) is 18.2. The number of nitrogens with two attached hydrogens (primary N) is 2. The van der Waals surface area contributed by atoms with Gasteiger partial charge in [0.2, 0.25) is 41.4 Å². The fourth-order valence-electron chi connectivity index (χ4n) is 8.62. The van der Waals surface area contributed by atoms with Gasteiger partial charge in [0.05, 0.1) is 12.1 Å². The zero-order valence-electron chi connectivity index (χ0n) is 42.6. The Morgan fingerprint density at radius 3 is 1.47 bits per heavy atom. The highest BCUT2D eigenvalue weighted by molar-refractivity contribution is 8.76. The summed E-state index contributed by atoms with van der Waals surface area (Å²) in [5.41, 5.74) is 14.8. The minimum atomic E-state index is -1.69. The van der Waals surface area contributed by atoms with Crippen LogP contribution in [0.3, 0.4) is 0 Å². The molecule has 1 unspecified atom stereocenters. The number of aliphatic carboxylic acids is 1. The Morgan fingerprint density at radius 1 is 0.519 bits per heavy atom. The smallest absolute Gasteiger partial charge is 0.327 e. The normalized spacial score (nSPS) is 23.5. The summed E-state index contributed by atoms with van der Waals surface area (Å²) in [6.07, 6.45) is -1.02. The highest BCUT2D eigenvalue weighted by Gasteiger charge is 2.36. The Labute approximate surface area is 455 Å². The average molecular weight is 1090 g/mol. The van der Waals surface area contributed by atoms with E-state index in [-0.39, 0.29) is 50.2 Å². The number of hydrogen-bond acceptors (Lipinski definition) is 13. The van der Waals surface area contributed by atoms with Crippen LogP contribution in [0, 0.1) is 0 Å². The van der Waals surface area contributed by atoms with Crippen molar-refractivity contribution in [1.82, 2.24) is 37.2 Å². The van der Waals surface area contributed by atoms with E-state index in [1.807, 2.05) is 42.5 Å². The van der Waals surface area contributed by atoms with Crippen molar-refractivity contribution in [2.45, 2.75) is 106 Å². The van der Waals surface area contributed by atoms with Crippen molar-refractivity contribution in [2.24, 2.45) is 11.5 Å². The van der Waals surface area contributed by atoms with Crippen molar-refractivity contribution in [1.29, 1.82) is 0 Å². The Hall–Kier alpha value is -7.30. The molecule has 5 aromatic rings. The largest absolute Gasteiger partial charge is 0.480 e. The lowest BCUT2D eigenvalue weighted by Crippen LogP contribution is -2.62. The summed E-state index contributed by atoms with van der Waals surface area (Å²) < 4.78 is 0. The van der Waals surface area contributed by atoms with Crippen molar-refractivity contribution >= 4 is 79.7 Å². The summed E-state index contributed by atoms with van der Waals surface area (Å²) >= 11 is 0. The van der Waals surface area contributed by atoms with Crippen molar-refractivity contribution < 1.29 is 48.6 Å². The fraction of sp³-hybridized carbons (Fsp3) is 0.357. The summed E-state index contributed by atoms with van der Waals surface area (Å²) in [4.78, 5) is 113.